The van der Waals surface area contributed by atoms with E-state index < -0.39 is 18.1 Å². The number of amides is 1. The van der Waals surface area contributed by atoms with E-state index in [9.17, 15) is 27.9 Å². The highest BCUT2D eigenvalue weighted by atomic mass is 19.4. The van der Waals surface area contributed by atoms with Crippen molar-refractivity contribution in [1.82, 2.24) is 9.78 Å². The van der Waals surface area contributed by atoms with Crippen LogP contribution in [0.3, 0.4) is 0 Å². The molecule has 0 saturated heterocycles. The Morgan fingerprint density at radius 3 is 2.18 bits per heavy atom. The Hall–Kier alpha value is -4.35. The van der Waals surface area contributed by atoms with Crippen LogP contribution in [-0.4, -0.2) is 57.6 Å². The van der Waals surface area contributed by atoms with Crippen molar-refractivity contribution in [3.63, 3.8) is 0 Å². The Morgan fingerprint density at radius 2 is 1.68 bits per heavy atom. The quantitative estimate of drug-likeness (QED) is 0.404. The minimum Gasteiger partial charge on any atom is -0.478 e. The van der Waals surface area contributed by atoms with E-state index in [-0.39, 0.29) is 11.5 Å². The van der Waals surface area contributed by atoms with Gasteiger partial charge in [-0.1, -0.05) is 17.7 Å². The Balaban J connectivity index is 0.000000638. The van der Waals surface area contributed by atoms with Crippen molar-refractivity contribution in [1.29, 1.82) is 0 Å². The van der Waals surface area contributed by atoms with Crippen molar-refractivity contribution in [2.45, 2.75) is 33.4 Å². The molecular weight excluding hydrogens is 505 g/mol. The highest BCUT2D eigenvalue weighted by molar-refractivity contribution is 6.05. The summed E-state index contributed by atoms with van der Waals surface area (Å²) >= 11 is 0. The van der Waals surface area contributed by atoms with Crippen LogP contribution in [0.15, 0.2) is 42.5 Å². The Morgan fingerprint density at radius 1 is 1.05 bits per heavy atom. The van der Waals surface area contributed by atoms with E-state index in [0.29, 0.717) is 23.5 Å². The first kappa shape index (κ1) is 29.9. The predicted molar refractivity (Wildman–Crippen MR) is 136 cm³/mol. The second-order valence-corrected chi connectivity index (χ2v) is 8.61. The number of benzene rings is 2. The first-order valence-electron chi connectivity index (χ1n) is 11.4. The molecule has 1 amide bonds. The first-order chi connectivity index (χ1) is 17.6. The molecule has 0 saturated carbocycles. The number of aliphatic carboxylic acids is 1. The molecule has 0 bridgehead atoms. The SMILES string of the molecule is Cc1cccc(C(=O)Nc2ccc(N(C)CCc3c(C)nn(C)c3C)c(C(=O)O)c2)c1.O=C(O)C(F)(F)F. The van der Waals surface area contributed by atoms with E-state index in [1.165, 1.54) is 11.6 Å². The summed E-state index contributed by atoms with van der Waals surface area (Å²) in [7, 11) is 3.79. The van der Waals surface area contributed by atoms with Gasteiger partial charge in [-0.15, -0.1) is 0 Å². The van der Waals surface area contributed by atoms with Crippen molar-refractivity contribution >= 4 is 29.2 Å². The molecule has 12 heteroatoms. The second-order valence-electron chi connectivity index (χ2n) is 8.61. The molecule has 0 aliphatic heterocycles. The number of alkyl halides is 3. The molecular formula is C26H29F3N4O5. The lowest BCUT2D eigenvalue weighted by Gasteiger charge is -2.22. The number of halogens is 3. The van der Waals surface area contributed by atoms with Gasteiger partial charge in [-0.3, -0.25) is 9.48 Å². The predicted octanol–water partition coefficient (Wildman–Crippen LogP) is 4.61. The highest BCUT2D eigenvalue weighted by Crippen LogP contribution is 2.25. The van der Waals surface area contributed by atoms with Gasteiger partial charge < -0.3 is 20.4 Å². The van der Waals surface area contributed by atoms with Crippen LogP contribution in [0.1, 0.15) is 43.2 Å². The van der Waals surface area contributed by atoms with E-state index in [0.717, 1.165) is 23.4 Å². The Kier molecular flexibility index (Phi) is 9.64. The van der Waals surface area contributed by atoms with Crippen LogP contribution in [0.4, 0.5) is 24.5 Å². The van der Waals surface area contributed by atoms with E-state index in [2.05, 4.69) is 10.4 Å². The van der Waals surface area contributed by atoms with Crippen LogP contribution in [0.25, 0.3) is 0 Å². The summed E-state index contributed by atoms with van der Waals surface area (Å²) in [6.07, 6.45) is -4.33. The number of hydrogen-bond acceptors (Lipinski definition) is 5. The van der Waals surface area contributed by atoms with Gasteiger partial charge in [0.15, 0.2) is 0 Å². The average molecular weight is 535 g/mol. The van der Waals surface area contributed by atoms with Crippen LogP contribution >= 0.6 is 0 Å². The summed E-state index contributed by atoms with van der Waals surface area (Å²) in [5.74, 6) is -4.07. The molecule has 0 aliphatic rings. The van der Waals surface area contributed by atoms with Gasteiger partial charge in [-0.25, -0.2) is 9.59 Å². The number of rotatable bonds is 7. The zero-order valence-electron chi connectivity index (χ0n) is 21.6. The van der Waals surface area contributed by atoms with Crippen LogP contribution in [0.5, 0.6) is 0 Å². The standard InChI is InChI=1S/C24H28N4O3.C2HF3O2/c1-15-7-6-8-18(13-15)23(29)25-19-9-10-22(21(14-19)24(30)31)27(4)12-11-20-16(2)26-28(5)17(20)3;3-2(4,5)1(6)7/h6-10,13-14H,11-12H2,1-5H3,(H,25,29)(H,30,31);(H,6,7). The average Bonchev–Trinajstić information content (AvgIpc) is 3.07. The number of nitrogens with zero attached hydrogens (tertiary/aromatic N) is 3. The van der Waals surface area contributed by atoms with Gasteiger partial charge in [0.2, 0.25) is 0 Å². The first-order valence-corrected chi connectivity index (χ1v) is 11.4. The second kappa shape index (κ2) is 12.3. The summed E-state index contributed by atoms with van der Waals surface area (Å²) in [6.45, 7) is 6.57. The number of aromatic nitrogens is 2. The third-order valence-corrected chi connectivity index (χ3v) is 5.77. The van der Waals surface area contributed by atoms with Crippen LogP contribution in [0, 0.1) is 20.8 Å². The molecule has 0 radical (unpaired) electrons. The van der Waals surface area contributed by atoms with Crippen molar-refractivity contribution in [2.75, 3.05) is 23.8 Å². The molecule has 3 N–H and O–H groups in total. The van der Waals surface area contributed by atoms with E-state index in [4.69, 9.17) is 9.90 Å². The fraction of sp³-hybridized carbons (Fsp3) is 0.308. The fourth-order valence-corrected chi connectivity index (χ4v) is 3.69. The van der Waals surface area contributed by atoms with Crippen LogP contribution in [0.2, 0.25) is 0 Å². The molecule has 0 aliphatic carbocycles. The van der Waals surface area contributed by atoms with Crippen molar-refractivity contribution in [3.8, 4) is 0 Å². The molecule has 9 nitrogen and oxygen atoms in total. The zero-order chi connectivity index (χ0) is 28.8. The summed E-state index contributed by atoms with van der Waals surface area (Å²) in [4.78, 5) is 35.2. The number of aromatic carboxylic acids is 1. The van der Waals surface area contributed by atoms with Crippen LogP contribution in [-0.2, 0) is 18.3 Å². The molecule has 0 spiro atoms. The number of likely N-dealkylation sites (N-methyl/N-ethyl adjacent to an activating group) is 1. The van der Waals surface area contributed by atoms with Gasteiger partial charge >= 0.3 is 18.1 Å². The smallest absolute Gasteiger partial charge is 0.478 e. The molecule has 2 aromatic carbocycles. The maximum Gasteiger partial charge on any atom is 0.490 e. The summed E-state index contributed by atoms with van der Waals surface area (Å²) in [6, 6.07) is 12.2. The molecule has 0 unspecified atom stereocenters. The fourth-order valence-electron chi connectivity index (χ4n) is 3.69. The van der Waals surface area contributed by atoms with E-state index >= 15 is 0 Å². The molecule has 38 heavy (non-hydrogen) atoms. The number of anilines is 2. The topological polar surface area (TPSA) is 125 Å². The van der Waals surface area contributed by atoms with Crippen LogP contribution < -0.4 is 10.2 Å². The summed E-state index contributed by atoms with van der Waals surface area (Å²) in [5, 5.41) is 24.1. The van der Waals surface area contributed by atoms with Gasteiger partial charge in [0.05, 0.1) is 16.9 Å². The van der Waals surface area contributed by atoms with Gasteiger partial charge in [0, 0.05) is 37.6 Å². The monoisotopic (exact) mass is 534 g/mol. The number of nitrogens with one attached hydrogen (secondary N) is 1. The third-order valence-electron chi connectivity index (χ3n) is 5.77. The largest absolute Gasteiger partial charge is 0.490 e. The summed E-state index contributed by atoms with van der Waals surface area (Å²) in [5.41, 5.74) is 5.97. The van der Waals surface area contributed by atoms with Crippen molar-refractivity contribution in [2.24, 2.45) is 7.05 Å². The third kappa shape index (κ3) is 7.82. The molecule has 204 valence electrons. The number of carboxylic acids is 2. The van der Waals surface area contributed by atoms with Gasteiger partial charge in [0.1, 0.15) is 0 Å². The van der Waals surface area contributed by atoms with Crippen molar-refractivity contribution < 1.29 is 37.8 Å². The normalized spacial score (nSPS) is 10.8. The highest BCUT2D eigenvalue weighted by Gasteiger charge is 2.38. The minimum atomic E-state index is -5.08. The lowest BCUT2D eigenvalue weighted by atomic mass is 10.1. The molecule has 1 aromatic heterocycles. The lowest BCUT2D eigenvalue weighted by molar-refractivity contribution is -0.192. The number of carbonyl (C=O) groups is 3. The Labute approximate surface area is 217 Å². The molecule has 1 heterocycles. The zero-order valence-corrected chi connectivity index (χ0v) is 21.6. The Bertz CT molecular complexity index is 1330. The maximum absolute atomic E-state index is 12.5. The van der Waals surface area contributed by atoms with E-state index in [1.54, 1.807) is 24.3 Å². The molecule has 0 fully saturated rings. The van der Waals surface area contributed by atoms with Crippen molar-refractivity contribution in [3.05, 3.63) is 76.1 Å². The van der Waals surface area contributed by atoms with Gasteiger partial charge in [-0.2, -0.15) is 18.3 Å². The molecule has 3 rings (SSSR count). The summed E-state index contributed by atoms with van der Waals surface area (Å²) < 4.78 is 33.6. The van der Waals surface area contributed by atoms with Gasteiger partial charge in [-0.05, 0) is 63.1 Å². The van der Waals surface area contributed by atoms with E-state index in [1.807, 2.05) is 56.6 Å². The number of carboxylic acid groups (broad SMARTS) is 2. The van der Waals surface area contributed by atoms with Gasteiger partial charge in [0.25, 0.3) is 5.91 Å². The molecule has 0 atom stereocenters. The maximum atomic E-state index is 12.5. The molecule has 3 aromatic rings. The minimum absolute atomic E-state index is 0.143. The lowest BCUT2D eigenvalue weighted by Crippen LogP contribution is -2.23. The number of carbonyl (C=O) groups excluding carboxylic acids is 1. The number of aryl methyl sites for hydroxylation is 3. The number of hydrogen-bond donors (Lipinski definition) is 3.